The highest BCUT2D eigenvalue weighted by molar-refractivity contribution is 7.53. The molecule has 57 heavy (non-hydrogen) atoms. The average molecular weight is 965 g/mol. The van der Waals surface area contributed by atoms with Crippen LogP contribution in [0.3, 0.4) is 0 Å². The second-order valence-electron chi connectivity index (χ2n) is 19.9. The molecule has 7 heterocycles. The zero-order valence-electron chi connectivity index (χ0n) is 36.2. The molecule has 0 N–H and O–H groups in total. The van der Waals surface area contributed by atoms with Crippen LogP contribution in [0.2, 0.25) is 98.2 Å². The fraction of sp³-hybridized carbons (Fsp3) is 0.357. The van der Waals surface area contributed by atoms with Crippen LogP contribution in [0.1, 0.15) is 0 Å². The van der Waals surface area contributed by atoms with Crippen molar-refractivity contribution in [1.29, 1.82) is 0 Å². The Kier molecular flexibility index (Phi) is 11.8. The summed E-state index contributed by atoms with van der Waals surface area (Å²) in [5, 5.41) is 0. The van der Waals surface area contributed by atoms with Gasteiger partial charge in [-0.1, -0.05) is 116 Å². The van der Waals surface area contributed by atoms with E-state index in [0.717, 1.165) is 32.1 Å². The van der Waals surface area contributed by atoms with Gasteiger partial charge >= 0.3 is 0 Å². The Morgan fingerprint density at radius 3 is 0.684 bits per heavy atom. The van der Waals surface area contributed by atoms with Crippen LogP contribution in [0.25, 0.3) is 61.4 Å². The largest absolute Gasteiger partial charge is 0.206 e. The van der Waals surface area contributed by atoms with E-state index in [1.54, 1.807) is 47.5 Å². The van der Waals surface area contributed by atoms with E-state index in [4.69, 9.17) is 15.0 Å². The average Bonchev–Trinajstić information content (AvgIpc) is 3.97. The molecule has 0 unspecified atom stereocenters. The molecule has 7 rings (SSSR count). The highest BCUT2D eigenvalue weighted by Crippen LogP contribution is 2.42. The highest BCUT2D eigenvalue weighted by atomic mass is 32.1. The lowest BCUT2D eigenvalue weighted by atomic mass is 10.3. The summed E-state index contributed by atoms with van der Waals surface area (Å²) in [6.45, 7) is 38.2. The summed E-state index contributed by atoms with van der Waals surface area (Å²) in [5.74, 6) is 2.27. The number of hydrogen-bond donors (Lipinski definition) is 0. The summed E-state index contributed by atoms with van der Waals surface area (Å²) in [5.41, 5.74) is 0. The van der Waals surface area contributed by atoms with Crippen molar-refractivity contribution in [2.45, 2.75) is 98.2 Å². The van der Waals surface area contributed by atoms with E-state index in [1.807, 2.05) is 34.0 Å². The maximum Gasteiger partial charge on any atom is 0.174 e. The van der Waals surface area contributed by atoms with Gasteiger partial charge in [-0.05, 0) is 68.1 Å². The van der Waals surface area contributed by atoms with E-state index in [1.165, 1.54) is 29.3 Å². The molecule has 0 aliphatic heterocycles. The fourth-order valence-electron chi connectivity index (χ4n) is 6.01. The number of rotatable bonds is 12. The minimum absolute atomic E-state index is 0.757. The Morgan fingerprint density at radius 1 is 0.263 bits per heavy atom. The summed E-state index contributed by atoms with van der Waals surface area (Å²) >= 11 is 11.4. The molecular weight excluding hydrogens is 907 g/mol. The molecule has 0 aliphatic rings. The van der Waals surface area contributed by atoms with Crippen molar-refractivity contribution < 1.29 is 0 Å². The Hall–Kier alpha value is -1.49. The summed E-state index contributed by atoms with van der Waals surface area (Å²) < 4.78 is 4.85. The third kappa shape index (κ3) is 8.43. The lowest BCUT2D eigenvalue weighted by Crippen LogP contribution is -2.60. The van der Waals surface area contributed by atoms with Crippen molar-refractivity contribution in [3.8, 4) is 61.4 Å². The van der Waals surface area contributed by atoms with E-state index in [9.17, 15) is 0 Å². The first-order valence-electron chi connectivity index (χ1n) is 19.8. The van der Waals surface area contributed by atoms with Crippen molar-refractivity contribution in [1.82, 2.24) is 15.0 Å². The molecule has 0 fully saturated rings. The van der Waals surface area contributed by atoms with E-state index < -0.39 is 45.5 Å². The monoisotopic (exact) mass is 963 g/mol. The molecule has 3 nitrogen and oxygen atoms in total. The van der Waals surface area contributed by atoms with Gasteiger partial charge in [-0.25, -0.2) is 15.0 Å². The van der Waals surface area contributed by atoms with Gasteiger partial charge in [0.15, 0.2) is 17.5 Å². The number of nitrogens with zero attached hydrogens (tertiary/aromatic N) is 3. The summed E-state index contributed by atoms with van der Waals surface area (Å²) in [4.78, 5) is 26.9. The van der Waals surface area contributed by atoms with Gasteiger partial charge in [-0.15, -0.1) is 68.0 Å². The van der Waals surface area contributed by atoms with Gasteiger partial charge in [0, 0.05) is 52.0 Å². The number of aromatic nitrogens is 3. The molecule has 0 amide bonds. The van der Waals surface area contributed by atoms with Crippen molar-refractivity contribution in [2.24, 2.45) is 0 Å². The van der Waals surface area contributed by atoms with Gasteiger partial charge in [0.05, 0.1) is 37.4 Å². The minimum atomic E-state index is -1.48. The van der Waals surface area contributed by atoms with E-state index in [-0.39, 0.29) is 0 Å². The molecular formula is C42H57N3S6Si6. The molecule has 7 aromatic rings. The van der Waals surface area contributed by atoms with Crippen LogP contribution in [0, 0.1) is 0 Å². The lowest BCUT2D eigenvalue weighted by molar-refractivity contribution is 1.09. The molecule has 0 spiro atoms. The fourth-order valence-corrected chi connectivity index (χ4v) is 36.2. The van der Waals surface area contributed by atoms with Crippen molar-refractivity contribution in [2.75, 3.05) is 0 Å². The standard InChI is InChI=1S/C42H57N3S6Si6/c1-52(2,3)55(10,11)37-25-22-31(49-37)28-16-19-34(46-28)40-43-41(35-20-17-29(47-35)32-23-26-38(50-32)56(12,13)53(4,5)6)45-42(44-40)36-21-18-30(48-36)33-24-27-39(51-33)57(14,15)54(7,8)9/h16-27H,1-15H3. The van der Waals surface area contributed by atoms with Crippen LogP contribution in [0.5, 0.6) is 0 Å². The first kappa shape index (κ1) is 43.6. The van der Waals surface area contributed by atoms with Gasteiger partial charge in [-0.2, -0.15) is 0 Å². The summed E-state index contributed by atoms with van der Waals surface area (Å²) in [6.07, 6.45) is 0. The Balaban J connectivity index is 1.27. The molecule has 0 saturated heterocycles. The minimum Gasteiger partial charge on any atom is -0.206 e. The number of hydrogen-bond acceptors (Lipinski definition) is 9. The molecule has 300 valence electrons. The Morgan fingerprint density at radius 2 is 0.456 bits per heavy atom. The molecule has 0 radical (unpaired) electrons. The molecule has 0 atom stereocenters. The normalized spacial score (nSPS) is 13.5. The molecule has 15 heteroatoms. The molecule has 0 saturated carbocycles. The Labute approximate surface area is 370 Å². The summed E-state index contributed by atoms with van der Waals surface area (Å²) in [6, 6.07) is 27.8. The molecule has 0 bridgehead atoms. The predicted octanol–water partition coefficient (Wildman–Crippen LogP) is 14.2. The van der Waals surface area contributed by atoms with Crippen LogP contribution in [-0.4, -0.2) is 60.5 Å². The van der Waals surface area contributed by atoms with Gasteiger partial charge < -0.3 is 0 Å². The zero-order chi connectivity index (χ0) is 41.5. The first-order valence-corrected chi connectivity index (χ1v) is 47.2. The third-order valence-corrected chi connectivity index (χ3v) is 78.4. The third-order valence-electron chi connectivity index (χ3n) is 13.1. The zero-order valence-corrected chi connectivity index (χ0v) is 47.1. The maximum atomic E-state index is 5.23. The predicted molar refractivity (Wildman–Crippen MR) is 281 cm³/mol. The smallest absolute Gasteiger partial charge is 0.174 e. The Bertz CT molecular complexity index is 2260. The lowest BCUT2D eigenvalue weighted by Gasteiger charge is -2.34. The molecule has 0 aliphatic carbocycles. The summed E-state index contributed by atoms with van der Waals surface area (Å²) in [7, 11) is -8.25. The van der Waals surface area contributed by atoms with E-state index in [0.29, 0.717) is 0 Å². The van der Waals surface area contributed by atoms with Crippen LogP contribution in [-0.2, 0) is 0 Å². The van der Waals surface area contributed by atoms with E-state index >= 15 is 0 Å². The van der Waals surface area contributed by atoms with Crippen LogP contribution >= 0.6 is 68.0 Å². The highest BCUT2D eigenvalue weighted by Gasteiger charge is 2.41. The number of thiophene rings is 6. The van der Waals surface area contributed by atoms with Crippen LogP contribution in [0.4, 0.5) is 0 Å². The second kappa shape index (κ2) is 15.5. The SMILES string of the molecule is C[Si](C)(C)[Si](C)(C)c1ccc(-c2ccc(-c3nc(-c4ccc(-c5ccc([Si](C)(C)[Si](C)(C)C)s5)s4)nc(-c4ccc(-c5ccc([Si](C)(C)[Si](C)(C)C)s5)s4)n3)s2)s1. The molecule has 0 aromatic carbocycles. The quantitative estimate of drug-likeness (QED) is 0.115. The van der Waals surface area contributed by atoms with Crippen LogP contribution < -0.4 is 13.5 Å². The van der Waals surface area contributed by atoms with Gasteiger partial charge in [0.2, 0.25) is 0 Å². The second-order valence-corrected chi connectivity index (χ2v) is 77.1. The maximum absolute atomic E-state index is 5.23. The van der Waals surface area contributed by atoms with Gasteiger partial charge in [-0.3, -0.25) is 0 Å². The van der Waals surface area contributed by atoms with Crippen molar-refractivity contribution in [3.05, 3.63) is 72.8 Å². The van der Waals surface area contributed by atoms with E-state index in [2.05, 4.69) is 171 Å². The van der Waals surface area contributed by atoms with Crippen LogP contribution in [0.15, 0.2) is 72.8 Å². The van der Waals surface area contributed by atoms with Crippen molar-refractivity contribution in [3.63, 3.8) is 0 Å². The van der Waals surface area contributed by atoms with Gasteiger partial charge in [0.25, 0.3) is 0 Å². The topological polar surface area (TPSA) is 38.7 Å². The molecule has 7 aromatic heterocycles. The first-order chi connectivity index (χ1) is 26.4. The van der Waals surface area contributed by atoms with Crippen molar-refractivity contribution >= 4 is 127 Å². The van der Waals surface area contributed by atoms with Gasteiger partial charge in [0.1, 0.15) is 0 Å².